The fraction of sp³-hybridized carbons (Fsp3) is 0.467. The van der Waals surface area contributed by atoms with Gasteiger partial charge in [0.05, 0.1) is 18.6 Å². The molecule has 0 bridgehead atoms. The molecule has 0 saturated carbocycles. The van der Waals surface area contributed by atoms with E-state index in [0.717, 1.165) is 31.5 Å². The minimum atomic E-state index is -0.216. The summed E-state index contributed by atoms with van der Waals surface area (Å²) in [5.41, 5.74) is 6.99. The summed E-state index contributed by atoms with van der Waals surface area (Å²) < 4.78 is 5.21. The number of carbonyl (C=O) groups excluding carboxylic acids is 1. The van der Waals surface area contributed by atoms with E-state index in [4.69, 9.17) is 15.7 Å². The molecule has 1 heterocycles. The van der Waals surface area contributed by atoms with E-state index in [1.165, 1.54) is 0 Å². The summed E-state index contributed by atoms with van der Waals surface area (Å²) in [5, 5.41) is 8.97. The topological polar surface area (TPSA) is 79.3 Å². The second kappa shape index (κ2) is 6.40. The molecule has 1 saturated heterocycles. The molecule has 2 rings (SSSR count). The summed E-state index contributed by atoms with van der Waals surface area (Å²) in [5.74, 6) is 0.324. The quantitative estimate of drug-likeness (QED) is 0.895. The van der Waals surface area contributed by atoms with Crippen molar-refractivity contribution in [2.45, 2.75) is 19.4 Å². The first-order valence-electron chi connectivity index (χ1n) is 6.72. The number of nitrogens with two attached hydrogens (primary N) is 1. The summed E-state index contributed by atoms with van der Waals surface area (Å²) in [6, 6.07) is 7.67. The third-order valence-corrected chi connectivity index (χ3v) is 3.70. The maximum atomic E-state index is 11.3. The van der Waals surface area contributed by atoms with E-state index in [-0.39, 0.29) is 11.8 Å². The molecule has 106 valence electrons. The van der Waals surface area contributed by atoms with E-state index >= 15 is 0 Å². The summed E-state index contributed by atoms with van der Waals surface area (Å²) in [4.78, 5) is 13.5. The molecule has 1 aliphatic rings. The molecule has 0 aliphatic carbocycles. The molecule has 0 aromatic heterocycles. The lowest BCUT2D eigenvalue weighted by Crippen LogP contribution is -2.40. The Labute approximate surface area is 118 Å². The Hall–Kier alpha value is -2.06. The standard InChI is InChI=1S/C15H19N3O2/c1-20-14-7-11(4-5-12(14)8-16)9-18-6-2-3-13(10-18)15(17)19/h4-5,7,13H,2-3,6,9-10H2,1H3,(H2,17,19). The Balaban J connectivity index is 2.06. The molecule has 1 unspecified atom stereocenters. The second-order valence-electron chi connectivity index (χ2n) is 5.12. The van der Waals surface area contributed by atoms with E-state index in [1.54, 1.807) is 13.2 Å². The molecule has 1 atom stereocenters. The first-order valence-corrected chi connectivity index (χ1v) is 6.72. The Morgan fingerprint density at radius 3 is 3.05 bits per heavy atom. The summed E-state index contributed by atoms with van der Waals surface area (Å²) in [6.07, 6.45) is 1.86. The normalized spacial score (nSPS) is 19.3. The number of hydrogen-bond donors (Lipinski definition) is 1. The van der Waals surface area contributed by atoms with Gasteiger partial charge in [-0.05, 0) is 37.1 Å². The van der Waals surface area contributed by atoms with Crippen LogP contribution >= 0.6 is 0 Å². The Bertz CT molecular complexity index is 536. The smallest absolute Gasteiger partial charge is 0.221 e. The van der Waals surface area contributed by atoms with E-state index in [1.807, 2.05) is 12.1 Å². The van der Waals surface area contributed by atoms with Gasteiger partial charge in [-0.15, -0.1) is 0 Å². The number of primary amides is 1. The highest BCUT2D eigenvalue weighted by atomic mass is 16.5. The molecule has 1 fully saturated rings. The molecular weight excluding hydrogens is 254 g/mol. The number of ether oxygens (including phenoxy) is 1. The SMILES string of the molecule is COc1cc(CN2CCCC(C(N)=O)C2)ccc1C#N. The van der Waals surface area contributed by atoms with Gasteiger partial charge in [-0.3, -0.25) is 9.69 Å². The van der Waals surface area contributed by atoms with Gasteiger partial charge >= 0.3 is 0 Å². The second-order valence-corrected chi connectivity index (χ2v) is 5.12. The predicted octanol–water partition coefficient (Wildman–Crippen LogP) is 1.26. The van der Waals surface area contributed by atoms with E-state index in [2.05, 4.69) is 11.0 Å². The van der Waals surface area contributed by atoms with Crippen molar-refractivity contribution in [1.82, 2.24) is 4.90 Å². The fourth-order valence-electron chi connectivity index (χ4n) is 2.62. The number of piperidine rings is 1. The van der Waals surface area contributed by atoms with Gasteiger partial charge in [0, 0.05) is 13.1 Å². The highest BCUT2D eigenvalue weighted by molar-refractivity contribution is 5.76. The molecule has 0 spiro atoms. The largest absolute Gasteiger partial charge is 0.495 e. The van der Waals surface area contributed by atoms with Gasteiger partial charge in [-0.1, -0.05) is 6.07 Å². The number of benzene rings is 1. The minimum absolute atomic E-state index is 0.0518. The van der Waals surface area contributed by atoms with Crippen LogP contribution in [0.4, 0.5) is 0 Å². The molecule has 5 nitrogen and oxygen atoms in total. The van der Waals surface area contributed by atoms with Crippen molar-refractivity contribution in [1.29, 1.82) is 5.26 Å². The summed E-state index contributed by atoms with van der Waals surface area (Å²) in [6.45, 7) is 2.41. The lowest BCUT2D eigenvalue weighted by atomic mass is 9.97. The number of amides is 1. The number of nitriles is 1. The van der Waals surface area contributed by atoms with Gasteiger partial charge in [0.2, 0.25) is 5.91 Å². The van der Waals surface area contributed by atoms with Gasteiger partial charge < -0.3 is 10.5 Å². The third kappa shape index (κ3) is 3.28. The lowest BCUT2D eigenvalue weighted by molar-refractivity contribution is -0.123. The Morgan fingerprint density at radius 2 is 2.40 bits per heavy atom. The van der Waals surface area contributed by atoms with Crippen LogP contribution < -0.4 is 10.5 Å². The summed E-state index contributed by atoms with van der Waals surface area (Å²) >= 11 is 0. The van der Waals surface area contributed by atoms with E-state index in [0.29, 0.717) is 17.9 Å². The van der Waals surface area contributed by atoms with E-state index < -0.39 is 0 Å². The third-order valence-electron chi connectivity index (χ3n) is 3.70. The highest BCUT2D eigenvalue weighted by Gasteiger charge is 2.23. The first kappa shape index (κ1) is 14.4. The molecule has 1 aromatic carbocycles. The van der Waals surface area contributed by atoms with Crippen molar-refractivity contribution in [3.8, 4) is 11.8 Å². The number of hydrogen-bond acceptors (Lipinski definition) is 4. The molecular formula is C15H19N3O2. The maximum absolute atomic E-state index is 11.3. The first-order chi connectivity index (χ1) is 9.63. The molecule has 0 radical (unpaired) electrons. The molecule has 2 N–H and O–H groups in total. The van der Waals surface area contributed by atoms with Crippen molar-refractivity contribution < 1.29 is 9.53 Å². The van der Waals surface area contributed by atoms with E-state index in [9.17, 15) is 4.79 Å². The van der Waals surface area contributed by atoms with Gasteiger partial charge in [0.25, 0.3) is 0 Å². The molecule has 20 heavy (non-hydrogen) atoms. The van der Waals surface area contributed by atoms with Crippen LogP contribution in [0.5, 0.6) is 5.75 Å². The average molecular weight is 273 g/mol. The van der Waals surface area contributed by atoms with Crippen LogP contribution in [0.3, 0.4) is 0 Å². The molecule has 5 heteroatoms. The van der Waals surface area contributed by atoms with Crippen molar-refractivity contribution >= 4 is 5.91 Å². The fourth-order valence-corrected chi connectivity index (χ4v) is 2.62. The zero-order valence-electron chi connectivity index (χ0n) is 11.6. The minimum Gasteiger partial charge on any atom is -0.495 e. The average Bonchev–Trinajstić information content (AvgIpc) is 2.47. The number of carbonyl (C=O) groups is 1. The number of rotatable bonds is 4. The summed E-state index contributed by atoms with van der Waals surface area (Å²) in [7, 11) is 1.56. The van der Waals surface area contributed by atoms with Crippen molar-refractivity contribution in [3.63, 3.8) is 0 Å². The van der Waals surface area contributed by atoms with Crippen molar-refractivity contribution in [2.24, 2.45) is 11.7 Å². The van der Waals surface area contributed by atoms with Gasteiger partial charge in [-0.2, -0.15) is 5.26 Å². The molecule has 1 aromatic rings. The molecule has 1 amide bonds. The van der Waals surface area contributed by atoms with Gasteiger partial charge in [0.1, 0.15) is 11.8 Å². The zero-order chi connectivity index (χ0) is 14.5. The van der Waals surface area contributed by atoms with Crippen LogP contribution in [0, 0.1) is 17.2 Å². The number of likely N-dealkylation sites (tertiary alicyclic amines) is 1. The van der Waals surface area contributed by atoms with Crippen molar-refractivity contribution in [3.05, 3.63) is 29.3 Å². The Morgan fingerprint density at radius 1 is 1.60 bits per heavy atom. The van der Waals surface area contributed by atoms with Crippen LogP contribution in [0.25, 0.3) is 0 Å². The van der Waals surface area contributed by atoms with Crippen LogP contribution in [-0.2, 0) is 11.3 Å². The molecule has 1 aliphatic heterocycles. The van der Waals surface area contributed by atoms with Crippen LogP contribution in [-0.4, -0.2) is 31.0 Å². The zero-order valence-corrected chi connectivity index (χ0v) is 11.6. The maximum Gasteiger partial charge on any atom is 0.221 e. The van der Waals surface area contributed by atoms with Crippen LogP contribution in [0.1, 0.15) is 24.0 Å². The predicted molar refractivity (Wildman–Crippen MR) is 74.9 cm³/mol. The monoisotopic (exact) mass is 273 g/mol. The number of nitrogens with zero attached hydrogens (tertiary/aromatic N) is 2. The lowest BCUT2D eigenvalue weighted by Gasteiger charge is -2.31. The highest BCUT2D eigenvalue weighted by Crippen LogP contribution is 2.22. The van der Waals surface area contributed by atoms with Gasteiger partial charge in [0.15, 0.2) is 0 Å². The van der Waals surface area contributed by atoms with Crippen LogP contribution in [0.2, 0.25) is 0 Å². The van der Waals surface area contributed by atoms with Crippen molar-refractivity contribution in [2.75, 3.05) is 20.2 Å². The van der Waals surface area contributed by atoms with Gasteiger partial charge in [-0.25, -0.2) is 0 Å². The van der Waals surface area contributed by atoms with Crippen LogP contribution in [0.15, 0.2) is 18.2 Å². The Kier molecular flexibility index (Phi) is 4.59. The number of methoxy groups -OCH3 is 1.